The summed E-state index contributed by atoms with van der Waals surface area (Å²) >= 11 is 8.87. The molecule has 3 aromatic rings. The van der Waals surface area contributed by atoms with Crippen molar-refractivity contribution in [1.29, 1.82) is 0 Å². The van der Waals surface area contributed by atoms with Gasteiger partial charge >= 0.3 is 5.97 Å². The number of carboxylic acid groups (broad SMARTS) is 1. The number of hydrogen-bond acceptors (Lipinski definition) is 5. The van der Waals surface area contributed by atoms with Crippen LogP contribution in [0, 0.1) is 6.92 Å². The Morgan fingerprint density at radius 3 is 2.49 bits per heavy atom. The SMILES string of the molecule is Cc1ccc(CCCc2ccc(C(=O)NC(CC(=O)O)C(=O)CSCc3ccccc3Cl)s2)cc1. The van der Waals surface area contributed by atoms with Crippen molar-refractivity contribution in [2.75, 3.05) is 5.75 Å². The lowest BCUT2D eigenvalue weighted by molar-refractivity contribution is -0.139. The van der Waals surface area contributed by atoms with E-state index in [2.05, 4.69) is 36.5 Å². The predicted molar refractivity (Wildman–Crippen MR) is 144 cm³/mol. The molecular formula is C27H28ClNO4S2. The number of halogens is 1. The van der Waals surface area contributed by atoms with Crippen LogP contribution in [0.25, 0.3) is 0 Å². The van der Waals surface area contributed by atoms with E-state index >= 15 is 0 Å². The molecule has 0 fully saturated rings. The number of carbonyl (C=O) groups excluding carboxylic acids is 2. The van der Waals surface area contributed by atoms with E-state index in [1.54, 1.807) is 12.1 Å². The number of hydrogen-bond donors (Lipinski definition) is 2. The van der Waals surface area contributed by atoms with Crippen LogP contribution >= 0.6 is 34.7 Å². The highest BCUT2D eigenvalue weighted by Gasteiger charge is 2.24. The first-order chi connectivity index (χ1) is 16.8. The number of amides is 1. The van der Waals surface area contributed by atoms with Crippen LogP contribution in [0.1, 0.15) is 44.1 Å². The second-order valence-corrected chi connectivity index (χ2v) is 10.8. The number of aryl methyl sites for hydroxylation is 3. The molecule has 1 atom stereocenters. The molecule has 3 rings (SSSR count). The summed E-state index contributed by atoms with van der Waals surface area (Å²) in [5.41, 5.74) is 3.42. The van der Waals surface area contributed by atoms with Gasteiger partial charge in [0.1, 0.15) is 0 Å². The Bertz CT molecular complexity index is 1160. The Hall–Kier alpha value is -2.61. The smallest absolute Gasteiger partial charge is 0.305 e. The van der Waals surface area contributed by atoms with Gasteiger partial charge in [-0.15, -0.1) is 23.1 Å². The fourth-order valence-corrected chi connectivity index (χ4v) is 5.69. The molecule has 1 aromatic heterocycles. The van der Waals surface area contributed by atoms with Gasteiger partial charge in [0.2, 0.25) is 0 Å². The van der Waals surface area contributed by atoms with Gasteiger partial charge in [0, 0.05) is 15.7 Å². The highest BCUT2D eigenvalue weighted by Crippen LogP contribution is 2.22. The molecule has 2 N–H and O–H groups in total. The van der Waals surface area contributed by atoms with Crippen LogP contribution in [0.15, 0.2) is 60.7 Å². The fraction of sp³-hybridized carbons (Fsp3) is 0.296. The Morgan fingerprint density at radius 1 is 1.03 bits per heavy atom. The molecule has 8 heteroatoms. The summed E-state index contributed by atoms with van der Waals surface area (Å²) in [5.74, 6) is -1.28. The number of aliphatic carboxylic acids is 1. The molecule has 1 amide bonds. The molecule has 0 bridgehead atoms. The molecule has 0 saturated carbocycles. The van der Waals surface area contributed by atoms with Gasteiger partial charge in [0.25, 0.3) is 5.91 Å². The molecule has 1 unspecified atom stereocenters. The third kappa shape index (κ3) is 8.84. The zero-order chi connectivity index (χ0) is 25.2. The third-order valence-electron chi connectivity index (χ3n) is 5.43. The zero-order valence-electron chi connectivity index (χ0n) is 19.5. The van der Waals surface area contributed by atoms with E-state index in [1.807, 2.05) is 24.3 Å². The molecule has 0 radical (unpaired) electrons. The normalized spacial score (nSPS) is 11.7. The van der Waals surface area contributed by atoms with Crippen molar-refractivity contribution in [2.24, 2.45) is 0 Å². The first kappa shape index (κ1) is 27.0. The van der Waals surface area contributed by atoms with Gasteiger partial charge < -0.3 is 10.4 Å². The summed E-state index contributed by atoms with van der Waals surface area (Å²) in [6, 6.07) is 18.4. The molecule has 0 saturated heterocycles. The largest absolute Gasteiger partial charge is 0.481 e. The maximum atomic E-state index is 12.8. The van der Waals surface area contributed by atoms with Crippen molar-refractivity contribution in [2.45, 2.75) is 44.4 Å². The molecule has 5 nitrogen and oxygen atoms in total. The monoisotopic (exact) mass is 529 g/mol. The second kappa shape index (κ2) is 13.5. The van der Waals surface area contributed by atoms with Crippen LogP contribution < -0.4 is 5.32 Å². The third-order valence-corrected chi connectivity index (χ3v) is 7.94. The average molecular weight is 530 g/mol. The zero-order valence-corrected chi connectivity index (χ0v) is 21.8. The van der Waals surface area contributed by atoms with Gasteiger partial charge in [-0.05, 0) is 55.5 Å². The van der Waals surface area contributed by atoms with Gasteiger partial charge in [-0.3, -0.25) is 14.4 Å². The van der Waals surface area contributed by atoms with Crippen molar-refractivity contribution < 1.29 is 19.5 Å². The average Bonchev–Trinajstić information content (AvgIpc) is 3.30. The topological polar surface area (TPSA) is 83.5 Å². The standard InChI is InChI=1S/C27H28ClNO4S2/c1-18-9-11-19(12-10-18)5-4-7-21-13-14-25(35-21)27(33)29-23(15-26(31)32)24(30)17-34-16-20-6-2-3-8-22(20)28/h2-3,6,8-14,23H,4-5,7,15-17H2,1H3,(H,29,33)(H,31,32). The van der Waals surface area contributed by atoms with Gasteiger partial charge in [0.15, 0.2) is 5.78 Å². The quantitative estimate of drug-likeness (QED) is 0.285. The van der Waals surface area contributed by atoms with Gasteiger partial charge in [0.05, 0.1) is 23.1 Å². The molecule has 0 spiro atoms. The lowest BCUT2D eigenvalue weighted by Crippen LogP contribution is -2.43. The summed E-state index contributed by atoms with van der Waals surface area (Å²) in [6.07, 6.45) is 2.32. The Morgan fingerprint density at radius 2 is 1.77 bits per heavy atom. The molecule has 0 aliphatic heterocycles. The van der Waals surface area contributed by atoms with Crippen LogP contribution in [-0.4, -0.2) is 34.6 Å². The molecule has 184 valence electrons. The van der Waals surface area contributed by atoms with E-state index < -0.39 is 24.3 Å². The van der Waals surface area contributed by atoms with E-state index in [1.165, 1.54) is 34.2 Å². The van der Waals surface area contributed by atoms with Gasteiger partial charge in [-0.25, -0.2) is 0 Å². The highest BCUT2D eigenvalue weighted by molar-refractivity contribution is 7.99. The number of nitrogens with one attached hydrogen (secondary N) is 1. The molecule has 1 heterocycles. The van der Waals surface area contributed by atoms with Crippen molar-refractivity contribution in [3.8, 4) is 0 Å². The van der Waals surface area contributed by atoms with E-state index in [-0.39, 0.29) is 11.5 Å². The molecule has 35 heavy (non-hydrogen) atoms. The van der Waals surface area contributed by atoms with Crippen molar-refractivity contribution in [1.82, 2.24) is 5.32 Å². The predicted octanol–water partition coefficient (Wildman–Crippen LogP) is 5.96. The maximum Gasteiger partial charge on any atom is 0.305 e. The van der Waals surface area contributed by atoms with Crippen LogP contribution in [-0.2, 0) is 28.2 Å². The number of carboxylic acids is 1. The molecule has 2 aromatic carbocycles. The van der Waals surface area contributed by atoms with E-state index in [0.717, 1.165) is 29.7 Å². The second-order valence-electron chi connectivity index (χ2n) is 8.28. The summed E-state index contributed by atoms with van der Waals surface area (Å²) in [6.45, 7) is 2.07. The van der Waals surface area contributed by atoms with Crippen molar-refractivity contribution in [3.63, 3.8) is 0 Å². The minimum atomic E-state index is -1.14. The van der Waals surface area contributed by atoms with Crippen molar-refractivity contribution in [3.05, 3.63) is 92.1 Å². The molecular weight excluding hydrogens is 502 g/mol. The minimum absolute atomic E-state index is 0.0815. The fourth-order valence-electron chi connectivity index (χ4n) is 3.48. The van der Waals surface area contributed by atoms with Crippen LogP contribution in [0.4, 0.5) is 0 Å². The summed E-state index contributed by atoms with van der Waals surface area (Å²) < 4.78 is 0. The lowest BCUT2D eigenvalue weighted by Gasteiger charge is -2.15. The Kier molecular flexibility index (Phi) is 10.4. The lowest BCUT2D eigenvalue weighted by atomic mass is 10.1. The van der Waals surface area contributed by atoms with Gasteiger partial charge in [-0.1, -0.05) is 59.6 Å². The molecule has 0 aliphatic carbocycles. The van der Waals surface area contributed by atoms with Crippen LogP contribution in [0.2, 0.25) is 5.02 Å². The summed E-state index contributed by atoms with van der Waals surface area (Å²) in [5, 5.41) is 12.5. The summed E-state index contributed by atoms with van der Waals surface area (Å²) in [7, 11) is 0. The number of ketones is 1. The first-order valence-corrected chi connectivity index (χ1v) is 13.7. The highest BCUT2D eigenvalue weighted by atomic mass is 35.5. The summed E-state index contributed by atoms with van der Waals surface area (Å²) in [4.78, 5) is 38.3. The maximum absolute atomic E-state index is 12.8. The van der Waals surface area contributed by atoms with E-state index in [4.69, 9.17) is 11.6 Å². The van der Waals surface area contributed by atoms with Crippen LogP contribution in [0.3, 0.4) is 0 Å². The Labute approximate surface area is 218 Å². The van der Waals surface area contributed by atoms with Crippen LogP contribution in [0.5, 0.6) is 0 Å². The number of rotatable bonds is 13. The van der Waals surface area contributed by atoms with E-state index in [0.29, 0.717) is 15.7 Å². The number of benzene rings is 2. The Balaban J connectivity index is 1.51. The van der Waals surface area contributed by atoms with E-state index in [9.17, 15) is 19.5 Å². The first-order valence-electron chi connectivity index (χ1n) is 11.3. The minimum Gasteiger partial charge on any atom is -0.481 e. The number of carbonyl (C=O) groups is 3. The van der Waals surface area contributed by atoms with Gasteiger partial charge in [-0.2, -0.15) is 0 Å². The van der Waals surface area contributed by atoms with Crippen molar-refractivity contribution >= 4 is 52.4 Å². The number of thioether (sulfide) groups is 1. The number of thiophene rings is 1. The molecule has 0 aliphatic rings. The number of Topliss-reactive ketones (excluding diaryl/α,β-unsaturated/α-hetero) is 1.